The predicted molar refractivity (Wildman–Crippen MR) is 126 cm³/mol. The van der Waals surface area contributed by atoms with Gasteiger partial charge in [-0.1, -0.05) is 51.1 Å². The number of nitrogens with zero attached hydrogens (tertiary/aromatic N) is 2. The molecule has 6 heteroatoms. The molecule has 4 rings (SSSR count). The van der Waals surface area contributed by atoms with Crippen molar-refractivity contribution in [1.82, 2.24) is 9.80 Å². The number of carbonyl (C=O) groups excluding carboxylic acids is 3. The van der Waals surface area contributed by atoms with E-state index in [1.165, 1.54) is 0 Å². The average molecular weight is 449 g/mol. The first-order valence-electron chi connectivity index (χ1n) is 11.6. The number of carbonyl (C=O) groups is 3. The van der Waals surface area contributed by atoms with Gasteiger partial charge >= 0.3 is 5.97 Å². The molecule has 3 unspecified atom stereocenters. The van der Waals surface area contributed by atoms with Gasteiger partial charge < -0.3 is 14.5 Å². The molecule has 0 spiro atoms. The highest BCUT2D eigenvalue weighted by atomic mass is 16.5. The molecule has 0 aliphatic carbocycles. The van der Waals surface area contributed by atoms with Gasteiger partial charge in [0, 0.05) is 42.6 Å². The molecule has 2 aliphatic rings. The van der Waals surface area contributed by atoms with E-state index >= 15 is 0 Å². The molecule has 0 bridgehead atoms. The van der Waals surface area contributed by atoms with Crippen molar-refractivity contribution in [2.75, 3.05) is 13.1 Å². The molecule has 2 aromatic rings. The summed E-state index contributed by atoms with van der Waals surface area (Å²) in [6.07, 6.45) is 0.173. The second-order valence-corrected chi connectivity index (χ2v) is 10.3. The zero-order valence-corrected chi connectivity index (χ0v) is 20.0. The van der Waals surface area contributed by atoms with E-state index in [0.29, 0.717) is 30.6 Å². The number of ether oxygens (including phenoxy) is 1. The van der Waals surface area contributed by atoms with Crippen LogP contribution in [0.5, 0.6) is 0 Å². The van der Waals surface area contributed by atoms with Crippen LogP contribution in [0.4, 0.5) is 0 Å². The lowest BCUT2D eigenvalue weighted by Gasteiger charge is -2.46. The van der Waals surface area contributed by atoms with Crippen LogP contribution in [0.1, 0.15) is 72.6 Å². The molecule has 0 saturated carbocycles. The Labute approximate surface area is 195 Å². The van der Waals surface area contributed by atoms with Crippen molar-refractivity contribution < 1.29 is 19.1 Å². The Balaban J connectivity index is 1.55. The van der Waals surface area contributed by atoms with E-state index in [4.69, 9.17) is 4.74 Å². The minimum atomic E-state index is -0.450. The number of piperazine rings is 1. The highest BCUT2D eigenvalue weighted by Gasteiger charge is 2.38. The lowest BCUT2D eigenvalue weighted by atomic mass is 9.92. The second-order valence-electron chi connectivity index (χ2n) is 10.3. The largest absolute Gasteiger partial charge is 0.454 e. The Bertz CT molecular complexity index is 1060. The number of amides is 2. The van der Waals surface area contributed by atoms with Crippen LogP contribution >= 0.6 is 0 Å². The van der Waals surface area contributed by atoms with Crippen molar-refractivity contribution in [3.63, 3.8) is 0 Å². The molecule has 0 N–H and O–H groups in total. The van der Waals surface area contributed by atoms with Gasteiger partial charge in [0.05, 0.1) is 5.56 Å². The summed E-state index contributed by atoms with van der Waals surface area (Å²) >= 11 is 0. The number of hydrogen-bond donors (Lipinski definition) is 0. The van der Waals surface area contributed by atoms with Crippen molar-refractivity contribution in [2.45, 2.75) is 59.2 Å². The van der Waals surface area contributed by atoms with Crippen molar-refractivity contribution in [2.24, 2.45) is 5.41 Å². The van der Waals surface area contributed by atoms with E-state index in [9.17, 15) is 14.4 Å². The fraction of sp³-hybridized carbons (Fsp3) is 0.444. The van der Waals surface area contributed by atoms with Crippen molar-refractivity contribution >= 4 is 17.8 Å². The smallest absolute Gasteiger partial charge is 0.339 e. The molecule has 0 aromatic heterocycles. The number of rotatable bonds is 2. The van der Waals surface area contributed by atoms with Gasteiger partial charge in [0.15, 0.2) is 0 Å². The minimum Gasteiger partial charge on any atom is -0.454 e. The highest BCUT2D eigenvalue weighted by Crippen LogP contribution is 2.32. The van der Waals surface area contributed by atoms with E-state index < -0.39 is 5.41 Å². The quantitative estimate of drug-likeness (QED) is 0.645. The standard InChI is InChI=1S/C27H32N2O4/c1-17-15-28(26(32)27(3,4)5)16-18(2)29(17)24(30)20-11-12-22-21(13-20)14-23(33-25(22)31)19-9-7-6-8-10-19/h6-13,17-18,23H,14-16H2,1-5H3. The van der Waals surface area contributed by atoms with Crippen molar-refractivity contribution in [3.05, 3.63) is 70.8 Å². The Morgan fingerprint density at radius 2 is 1.61 bits per heavy atom. The molecular weight excluding hydrogens is 416 g/mol. The summed E-state index contributed by atoms with van der Waals surface area (Å²) in [5, 5.41) is 0. The Hall–Kier alpha value is -3.15. The molecule has 2 aromatic carbocycles. The third kappa shape index (κ3) is 4.52. The molecule has 0 radical (unpaired) electrons. The fourth-order valence-corrected chi connectivity index (χ4v) is 4.89. The third-order valence-corrected chi connectivity index (χ3v) is 6.48. The number of benzene rings is 2. The van der Waals surface area contributed by atoms with Crippen LogP contribution in [0, 0.1) is 5.41 Å². The Morgan fingerprint density at radius 3 is 2.21 bits per heavy atom. The van der Waals surface area contributed by atoms with E-state index in [0.717, 1.165) is 11.1 Å². The summed E-state index contributed by atoms with van der Waals surface area (Å²) in [7, 11) is 0. The van der Waals surface area contributed by atoms with Gasteiger partial charge in [-0.05, 0) is 43.2 Å². The van der Waals surface area contributed by atoms with Crippen molar-refractivity contribution in [3.8, 4) is 0 Å². The molecule has 1 saturated heterocycles. The molecule has 174 valence electrons. The second kappa shape index (κ2) is 8.65. The van der Waals surface area contributed by atoms with E-state index in [1.54, 1.807) is 12.1 Å². The summed E-state index contributed by atoms with van der Waals surface area (Å²) in [6.45, 7) is 10.8. The van der Waals surface area contributed by atoms with Crippen LogP contribution in [0.2, 0.25) is 0 Å². The summed E-state index contributed by atoms with van der Waals surface area (Å²) in [4.78, 5) is 42.6. The number of fused-ring (bicyclic) bond motifs is 1. The maximum absolute atomic E-state index is 13.5. The van der Waals surface area contributed by atoms with Crippen LogP contribution in [-0.4, -0.2) is 52.8 Å². The lowest BCUT2D eigenvalue weighted by Crippen LogP contribution is -2.61. The molecular formula is C27H32N2O4. The van der Waals surface area contributed by atoms with E-state index in [2.05, 4.69) is 0 Å². The first-order valence-corrected chi connectivity index (χ1v) is 11.6. The summed E-state index contributed by atoms with van der Waals surface area (Å²) in [5.74, 6) is -0.330. The minimum absolute atomic E-state index is 0.0733. The predicted octanol–water partition coefficient (Wildman–Crippen LogP) is 4.25. The van der Waals surface area contributed by atoms with Crippen LogP contribution in [0.3, 0.4) is 0 Å². The van der Waals surface area contributed by atoms with Gasteiger partial charge in [-0.25, -0.2) is 4.79 Å². The highest BCUT2D eigenvalue weighted by molar-refractivity contribution is 5.98. The molecule has 2 amide bonds. The van der Waals surface area contributed by atoms with Crippen LogP contribution in [0.15, 0.2) is 48.5 Å². The van der Waals surface area contributed by atoms with Gasteiger partial charge in [0.25, 0.3) is 5.91 Å². The van der Waals surface area contributed by atoms with Crippen molar-refractivity contribution in [1.29, 1.82) is 0 Å². The zero-order chi connectivity index (χ0) is 23.9. The molecule has 1 fully saturated rings. The van der Waals surface area contributed by atoms with Gasteiger partial charge in [-0.15, -0.1) is 0 Å². The maximum Gasteiger partial charge on any atom is 0.339 e. The van der Waals surface area contributed by atoms with Crippen LogP contribution in [-0.2, 0) is 16.0 Å². The normalized spacial score (nSPS) is 23.1. The summed E-state index contributed by atoms with van der Waals surface area (Å²) in [6, 6.07) is 14.7. The van der Waals surface area contributed by atoms with Crippen LogP contribution < -0.4 is 0 Å². The topological polar surface area (TPSA) is 66.9 Å². The average Bonchev–Trinajstić information content (AvgIpc) is 2.77. The summed E-state index contributed by atoms with van der Waals surface area (Å²) in [5.41, 5.74) is 2.39. The molecule has 33 heavy (non-hydrogen) atoms. The Morgan fingerprint density at radius 1 is 0.970 bits per heavy atom. The molecule has 3 atom stereocenters. The monoisotopic (exact) mass is 448 g/mol. The van der Waals surface area contributed by atoms with Gasteiger partial charge in [0.1, 0.15) is 6.10 Å². The number of esters is 1. The Kier molecular flexibility index (Phi) is 6.04. The SMILES string of the molecule is CC1CN(C(=O)C(C)(C)C)CC(C)N1C(=O)c1ccc2c(c1)CC(c1ccccc1)OC2=O. The van der Waals surface area contributed by atoms with Gasteiger partial charge in [-0.2, -0.15) is 0 Å². The van der Waals surface area contributed by atoms with E-state index in [-0.39, 0.29) is 36.0 Å². The molecule has 6 nitrogen and oxygen atoms in total. The first-order chi connectivity index (χ1) is 15.6. The number of hydrogen-bond acceptors (Lipinski definition) is 4. The summed E-state index contributed by atoms with van der Waals surface area (Å²) < 4.78 is 5.64. The third-order valence-electron chi connectivity index (χ3n) is 6.48. The zero-order valence-electron chi connectivity index (χ0n) is 20.0. The maximum atomic E-state index is 13.5. The fourth-order valence-electron chi connectivity index (χ4n) is 4.89. The van der Waals surface area contributed by atoms with E-state index in [1.807, 2.05) is 80.8 Å². The van der Waals surface area contributed by atoms with Gasteiger partial charge in [0.2, 0.25) is 5.91 Å². The lowest BCUT2D eigenvalue weighted by molar-refractivity contribution is -0.143. The number of cyclic esters (lactones) is 1. The molecule has 2 heterocycles. The molecule has 2 aliphatic heterocycles. The first kappa shape index (κ1) is 23.0. The van der Waals surface area contributed by atoms with Crippen LogP contribution in [0.25, 0.3) is 0 Å². The van der Waals surface area contributed by atoms with Gasteiger partial charge in [-0.3, -0.25) is 9.59 Å².